The van der Waals surface area contributed by atoms with Crippen LogP contribution < -0.4 is 9.62 Å². The molecule has 0 saturated carbocycles. The number of para-hydroxylation sites is 1. The minimum atomic E-state index is -3.93. The van der Waals surface area contributed by atoms with Crippen molar-refractivity contribution in [2.45, 2.75) is 16.7 Å². The lowest BCUT2D eigenvalue weighted by molar-refractivity contribution is -0.114. The molecule has 156 valence electrons. The number of thioether (sulfide) groups is 1. The van der Waals surface area contributed by atoms with Gasteiger partial charge in [0.05, 0.1) is 16.3 Å². The van der Waals surface area contributed by atoms with E-state index in [0.717, 1.165) is 19.2 Å². The molecule has 0 spiro atoms. The highest BCUT2D eigenvalue weighted by Gasteiger charge is 2.27. The van der Waals surface area contributed by atoms with Gasteiger partial charge in [0.1, 0.15) is 6.54 Å². The number of amides is 1. The van der Waals surface area contributed by atoms with E-state index in [1.54, 1.807) is 54.6 Å². The van der Waals surface area contributed by atoms with E-state index in [2.05, 4.69) is 21.2 Å². The monoisotopic (exact) mass is 504 g/mol. The van der Waals surface area contributed by atoms with Crippen LogP contribution in [0.2, 0.25) is 0 Å². The predicted molar refractivity (Wildman–Crippen MR) is 127 cm³/mol. The highest BCUT2D eigenvalue weighted by Crippen LogP contribution is 2.27. The third-order valence-corrected chi connectivity index (χ3v) is 7.50. The Bertz CT molecular complexity index is 1130. The average Bonchev–Trinajstić information content (AvgIpc) is 2.73. The molecular formula is C22H21BrN2O3S2. The van der Waals surface area contributed by atoms with Gasteiger partial charge < -0.3 is 5.32 Å². The Morgan fingerprint density at radius 1 is 1.00 bits per heavy atom. The van der Waals surface area contributed by atoms with Crippen molar-refractivity contribution in [3.63, 3.8) is 0 Å². The van der Waals surface area contributed by atoms with E-state index in [9.17, 15) is 13.2 Å². The van der Waals surface area contributed by atoms with Gasteiger partial charge in [0, 0.05) is 9.37 Å². The summed E-state index contributed by atoms with van der Waals surface area (Å²) in [5.41, 5.74) is 2.01. The normalized spacial score (nSPS) is 11.2. The van der Waals surface area contributed by atoms with Gasteiger partial charge in [-0.05, 0) is 61.7 Å². The van der Waals surface area contributed by atoms with Crippen molar-refractivity contribution in [3.05, 3.63) is 82.8 Å². The van der Waals surface area contributed by atoms with Crippen molar-refractivity contribution in [1.29, 1.82) is 0 Å². The highest BCUT2D eigenvalue weighted by atomic mass is 79.9. The molecule has 30 heavy (non-hydrogen) atoms. The number of carbonyl (C=O) groups is 1. The van der Waals surface area contributed by atoms with E-state index in [-0.39, 0.29) is 11.4 Å². The van der Waals surface area contributed by atoms with Gasteiger partial charge in [0.2, 0.25) is 5.91 Å². The first kappa shape index (κ1) is 22.4. The van der Waals surface area contributed by atoms with Gasteiger partial charge in [-0.15, -0.1) is 11.8 Å². The molecule has 1 N–H and O–H groups in total. The molecule has 3 aromatic carbocycles. The van der Waals surface area contributed by atoms with Crippen LogP contribution in [0.1, 0.15) is 5.56 Å². The van der Waals surface area contributed by atoms with E-state index < -0.39 is 15.9 Å². The lowest BCUT2D eigenvalue weighted by Crippen LogP contribution is -2.38. The quantitative estimate of drug-likeness (QED) is 0.442. The van der Waals surface area contributed by atoms with E-state index in [1.807, 2.05) is 31.4 Å². The Kier molecular flexibility index (Phi) is 7.23. The average molecular weight is 505 g/mol. The fraction of sp³-hybridized carbons (Fsp3) is 0.136. The molecule has 0 heterocycles. The van der Waals surface area contributed by atoms with Crippen LogP contribution in [-0.2, 0) is 14.8 Å². The van der Waals surface area contributed by atoms with Gasteiger partial charge >= 0.3 is 0 Å². The van der Waals surface area contributed by atoms with Gasteiger partial charge in [0.15, 0.2) is 0 Å². The van der Waals surface area contributed by atoms with Crippen molar-refractivity contribution in [2.75, 3.05) is 22.4 Å². The lowest BCUT2D eigenvalue weighted by Gasteiger charge is -2.24. The molecule has 0 aliphatic rings. The Balaban J connectivity index is 1.94. The van der Waals surface area contributed by atoms with Crippen molar-refractivity contribution >= 4 is 55.0 Å². The van der Waals surface area contributed by atoms with E-state index in [1.165, 1.54) is 11.8 Å². The molecule has 0 bridgehead atoms. The summed E-state index contributed by atoms with van der Waals surface area (Å²) in [7, 11) is -3.93. The minimum Gasteiger partial charge on any atom is -0.323 e. The third-order valence-electron chi connectivity index (χ3n) is 4.39. The fourth-order valence-corrected chi connectivity index (χ4v) is 5.07. The second-order valence-electron chi connectivity index (χ2n) is 6.55. The molecule has 0 aliphatic carbocycles. The summed E-state index contributed by atoms with van der Waals surface area (Å²) in [6.07, 6.45) is 1.92. The van der Waals surface area contributed by atoms with Crippen molar-refractivity contribution in [1.82, 2.24) is 0 Å². The van der Waals surface area contributed by atoms with Crippen molar-refractivity contribution in [2.24, 2.45) is 0 Å². The smallest absolute Gasteiger partial charge is 0.264 e. The number of hydrogen-bond donors (Lipinski definition) is 1. The van der Waals surface area contributed by atoms with Crippen LogP contribution in [0, 0.1) is 6.92 Å². The van der Waals surface area contributed by atoms with Gasteiger partial charge in [-0.2, -0.15) is 0 Å². The summed E-state index contributed by atoms with van der Waals surface area (Å²) in [6, 6.07) is 20.8. The summed E-state index contributed by atoms with van der Waals surface area (Å²) >= 11 is 4.87. The standard InChI is InChI=1S/C22H21BrN2O3S2/c1-16-7-13-19(14-8-16)30(27,28)25(18-11-9-17(23)10-12-18)15-22(26)24-20-5-3-4-6-21(20)29-2/h3-14H,15H2,1-2H3,(H,24,26). The number of halogens is 1. The maximum atomic E-state index is 13.4. The Hall–Kier alpha value is -2.29. The van der Waals surface area contributed by atoms with Crippen LogP contribution in [0.15, 0.2) is 87.1 Å². The molecular weight excluding hydrogens is 484 g/mol. The first-order valence-electron chi connectivity index (χ1n) is 9.09. The summed E-state index contributed by atoms with van der Waals surface area (Å²) < 4.78 is 28.7. The fourth-order valence-electron chi connectivity index (χ4n) is 2.83. The Morgan fingerprint density at radius 3 is 2.27 bits per heavy atom. The molecule has 0 radical (unpaired) electrons. The molecule has 0 fully saturated rings. The lowest BCUT2D eigenvalue weighted by atomic mass is 10.2. The van der Waals surface area contributed by atoms with Crippen molar-refractivity contribution < 1.29 is 13.2 Å². The van der Waals surface area contributed by atoms with Crippen molar-refractivity contribution in [3.8, 4) is 0 Å². The molecule has 0 atom stereocenters. The molecule has 3 aromatic rings. The number of carbonyl (C=O) groups excluding carboxylic acids is 1. The third kappa shape index (κ3) is 5.24. The van der Waals surface area contributed by atoms with Crippen LogP contribution in [0.25, 0.3) is 0 Å². The van der Waals surface area contributed by atoms with Gasteiger partial charge in [-0.25, -0.2) is 8.42 Å². The number of nitrogens with zero attached hydrogens (tertiary/aromatic N) is 1. The molecule has 0 aromatic heterocycles. The largest absolute Gasteiger partial charge is 0.323 e. The molecule has 3 rings (SSSR count). The number of sulfonamides is 1. The molecule has 1 amide bonds. The minimum absolute atomic E-state index is 0.133. The van der Waals surface area contributed by atoms with Crippen LogP contribution in [0.3, 0.4) is 0 Å². The molecule has 0 saturated heterocycles. The number of rotatable bonds is 7. The second kappa shape index (κ2) is 9.68. The maximum absolute atomic E-state index is 13.4. The number of benzene rings is 3. The number of aryl methyl sites for hydroxylation is 1. The number of anilines is 2. The number of nitrogens with one attached hydrogen (secondary N) is 1. The van der Waals surface area contributed by atoms with Crippen LogP contribution in [-0.4, -0.2) is 27.1 Å². The summed E-state index contributed by atoms with van der Waals surface area (Å²) in [5.74, 6) is -0.421. The van der Waals surface area contributed by atoms with E-state index in [4.69, 9.17) is 0 Å². The van der Waals surface area contributed by atoms with Gasteiger partial charge in [0.25, 0.3) is 10.0 Å². The van der Waals surface area contributed by atoms with Crippen LogP contribution >= 0.6 is 27.7 Å². The predicted octanol–water partition coefficient (Wildman–Crippen LogP) is 5.31. The summed E-state index contributed by atoms with van der Waals surface area (Å²) in [5, 5.41) is 2.83. The first-order chi connectivity index (χ1) is 14.3. The molecule has 0 unspecified atom stereocenters. The zero-order chi connectivity index (χ0) is 21.7. The van der Waals surface area contributed by atoms with Gasteiger partial charge in [-0.1, -0.05) is 45.8 Å². The zero-order valence-electron chi connectivity index (χ0n) is 16.5. The SMILES string of the molecule is CSc1ccccc1NC(=O)CN(c1ccc(Br)cc1)S(=O)(=O)c1ccc(C)cc1. The molecule has 5 nitrogen and oxygen atoms in total. The maximum Gasteiger partial charge on any atom is 0.264 e. The summed E-state index contributed by atoms with van der Waals surface area (Å²) in [6.45, 7) is 1.54. The zero-order valence-corrected chi connectivity index (χ0v) is 19.7. The van der Waals surface area contributed by atoms with Crippen LogP contribution in [0.4, 0.5) is 11.4 Å². The second-order valence-corrected chi connectivity index (χ2v) is 10.2. The molecule has 8 heteroatoms. The van der Waals surface area contributed by atoms with Crippen LogP contribution in [0.5, 0.6) is 0 Å². The summed E-state index contributed by atoms with van der Waals surface area (Å²) in [4.78, 5) is 13.9. The van der Waals surface area contributed by atoms with E-state index >= 15 is 0 Å². The number of hydrogen-bond acceptors (Lipinski definition) is 4. The van der Waals surface area contributed by atoms with E-state index in [0.29, 0.717) is 11.4 Å². The Labute approximate surface area is 189 Å². The Morgan fingerprint density at radius 2 is 1.63 bits per heavy atom. The first-order valence-corrected chi connectivity index (χ1v) is 12.5. The molecule has 0 aliphatic heterocycles. The highest BCUT2D eigenvalue weighted by molar-refractivity contribution is 9.10. The topological polar surface area (TPSA) is 66.5 Å². The van der Waals surface area contributed by atoms with Gasteiger partial charge in [-0.3, -0.25) is 9.10 Å².